The van der Waals surface area contributed by atoms with Gasteiger partial charge in [0.2, 0.25) is 0 Å². The first kappa shape index (κ1) is 16.3. The van der Waals surface area contributed by atoms with Crippen molar-refractivity contribution in [2.24, 2.45) is 0 Å². The van der Waals surface area contributed by atoms with Crippen LogP contribution in [0.1, 0.15) is 30.1 Å². The lowest BCUT2D eigenvalue weighted by Gasteiger charge is -2.18. The van der Waals surface area contributed by atoms with Crippen molar-refractivity contribution in [1.29, 1.82) is 0 Å². The molecule has 0 spiro atoms. The molecule has 0 aliphatic heterocycles. The number of nitrogens with zero attached hydrogens (tertiary/aromatic N) is 1. The topological polar surface area (TPSA) is 107 Å². The third-order valence-electron chi connectivity index (χ3n) is 2.71. The number of hydrogen-bond donors (Lipinski definition) is 3. The summed E-state index contributed by atoms with van der Waals surface area (Å²) in [5.74, 6) is -1.57. The maximum absolute atomic E-state index is 12.0. The molecule has 0 saturated heterocycles. The first-order valence-corrected chi connectivity index (χ1v) is 7.52. The van der Waals surface area contributed by atoms with Gasteiger partial charge in [0.05, 0.1) is 11.3 Å². The predicted octanol–water partition coefficient (Wildman–Crippen LogP) is 1.48. The molecule has 8 heteroatoms. The van der Waals surface area contributed by atoms with Gasteiger partial charge in [0, 0.05) is 13.6 Å². The molecule has 1 aromatic rings. The summed E-state index contributed by atoms with van der Waals surface area (Å²) in [6.07, 6.45) is 1.55. The highest BCUT2D eigenvalue weighted by Gasteiger charge is 2.20. The number of rotatable bonds is 7. The zero-order valence-corrected chi connectivity index (χ0v) is 12.1. The number of nitrogens with one attached hydrogen (secondary N) is 1. The van der Waals surface area contributed by atoms with Crippen molar-refractivity contribution in [3.8, 4) is 5.75 Å². The molecule has 1 aromatic carbocycles. The monoisotopic (exact) mass is 302 g/mol. The van der Waals surface area contributed by atoms with Crippen molar-refractivity contribution in [3.63, 3.8) is 0 Å². The van der Waals surface area contributed by atoms with Gasteiger partial charge in [-0.25, -0.2) is 4.79 Å². The number of unbranched alkanes of at least 4 members (excludes halogenated alkanes) is 1. The number of hydrogen-bond acceptors (Lipinski definition) is 4. The molecule has 0 bridgehead atoms. The average molecular weight is 302 g/mol. The Morgan fingerprint density at radius 3 is 2.60 bits per heavy atom. The molecule has 7 nitrogen and oxygen atoms in total. The molecule has 0 saturated carbocycles. The summed E-state index contributed by atoms with van der Waals surface area (Å²) in [5.41, 5.74) is -0.392. The predicted molar refractivity (Wildman–Crippen MR) is 75.1 cm³/mol. The normalized spacial score (nSPS) is 11.6. The van der Waals surface area contributed by atoms with E-state index in [2.05, 4.69) is 4.72 Å². The van der Waals surface area contributed by atoms with Gasteiger partial charge in [-0.1, -0.05) is 13.3 Å². The number of carbonyl (C=O) groups is 1. The molecule has 1 rings (SSSR count). The lowest BCUT2D eigenvalue weighted by Crippen LogP contribution is -2.33. The Kier molecular flexibility index (Phi) is 5.34. The summed E-state index contributed by atoms with van der Waals surface area (Å²) in [7, 11) is -2.40. The summed E-state index contributed by atoms with van der Waals surface area (Å²) in [6, 6.07) is 3.42. The van der Waals surface area contributed by atoms with Crippen molar-refractivity contribution >= 4 is 21.9 Å². The van der Waals surface area contributed by atoms with E-state index in [4.69, 9.17) is 5.11 Å². The van der Waals surface area contributed by atoms with Gasteiger partial charge in [-0.3, -0.25) is 4.72 Å². The Hall–Kier alpha value is -1.80. The van der Waals surface area contributed by atoms with E-state index in [1.807, 2.05) is 6.92 Å². The number of aromatic carboxylic acids is 1. The number of aromatic hydroxyl groups is 1. The van der Waals surface area contributed by atoms with Crippen molar-refractivity contribution in [3.05, 3.63) is 23.8 Å². The van der Waals surface area contributed by atoms with Crippen LogP contribution < -0.4 is 4.72 Å². The highest BCUT2D eigenvalue weighted by atomic mass is 32.2. The first-order chi connectivity index (χ1) is 9.27. The molecule has 0 aliphatic rings. The van der Waals surface area contributed by atoms with Gasteiger partial charge in [-0.05, 0) is 24.6 Å². The molecule has 20 heavy (non-hydrogen) atoms. The van der Waals surface area contributed by atoms with Crippen molar-refractivity contribution < 1.29 is 23.4 Å². The van der Waals surface area contributed by atoms with Gasteiger partial charge < -0.3 is 10.2 Å². The van der Waals surface area contributed by atoms with Crippen molar-refractivity contribution in [2.45, 2.75) is 19.8 Å². The van der Waals surface area contributed by atoms with Crippen LogP contribution in [0.5, 0.6) is 5.75 Å². The minimum atomic E-state index is -3.82. The number of carboxylic acids is 1. The molecule has 0 aliphatic carbocycles. The second kappa shape index (κ2) is 6.58. The SMILES string of the molecule is CCCCN(C)S(=O)(=O)Nc1ccc(O)cc1C(=O)O. The van der Waals surface area contributed by atoms with E-state index in [1.54, 1.807) is 0 Å². The minimum absolute atomic E-state index is 0.0846. The van der Waals surface area contributed by atoms with Gasteiger partial charge in [-0.15, -0.1) is 0 Å². The molecule has 3 N–H and O–H groups in total. The second-order valence-electron chi connectivity index (χ2n) is 4.32. The van der Waals surface area contributed by atoms with E-state index in [0.717, 1.165) is 16.8 Å². The zero-order valence-electron chi connectivity index (χ0n) is 11.3. The Balaban J connectivity index is 3.00. The van der Waals surface area contributed by atoms with E-state index < -0.39 is 16.2 Å². The van der Waals surface area contributed by atoms with E-state index >= 15 is 0 Å². The van der Waals surface area contributed by atoms with Crippen LogP contribution in [0, 0.1) is 0 Å². The van der Waals surface area contributed by atoms with Crippen LogP contribution in [0.4, 0.5) is 5.69 Å². The Labute approximate surface area is 118 Å². The zero-order chi connectivity index (χ0) is 15.3. The highest BCUT2D eigenvalue weighted by molar-refractivity contribution is 7.90. The fourth-order valence-electron chi connectivity index (χ4n) is 1.52. The number of anilines is 1. The van der Waals surface area contributed by atoms with Crippen LogP contribution in [-0.2, 0) is 10.2 Å². The van der Waals surface area contributed by atoms with Crippen LogP contribution in [0.25, 0.3) is 0 Å². The van der Waals surface area contributed by atoms with Gasteiger partial charge >= 0.3 is 16.2 Å². The van der Waals surface area contributed by atoms with Gasteiger partial charge in [0.15, 0.2) is 0 Å². The maximum Gasteiger partial charge on any atom is 0.337 e. The van der Waals surface area contributed by atoms with Gasteiger partial charge in [0.25, 0.3) is 0 Å². The Bertz CT molecular complexity index is 586. The fourth-order valence-corrected chi connectivity index (χ4v) is 2.50. The Morgan fingerprint density at radius 1 is 1.40 bits per heavy atom. The summed E-state index contributed by atoms with van der Waals surface area (Å²) in [6.45, 7) is 2.28. The summed E-state index contributed by atoms with van der Waals surface area (Å²) < 4.78 is 27.4. The molecule has 0 aromatic heterocycles. The quantitative estimate of drug-likeness (QED) is 0.661. The lowest BCUT2D eigenvalue weighted by molar-refractivity contribution is 0.0697. The number of phenols is 1. The second-order valence-corrected chi connectivity index (χ2v) is 6.09. The van der Waals surface area contributed by atoms with Crippen molar-refractivity contribution in [1.82, 2.24) is 4.31 Å². The van der Waals surface area contributed by atoms with E-state index in [0.29, 0.717) is 13.0 Å². The van der Waals surface area contributed by atoms with E-state index in [1.165, 1.54) is 19.2 Å². The van der Waals surface area contributed by atoms with Gasteiger partial charge in [0.1, 0.15) is 5.75 Å². The van der Waals surface area contributed by atoms with E-state index in [-0.39, 0.29) is 17.0 Å². The maximum atomic E-state index is 12.0. The first-order valence-electron chi connectivity index (χ1n) is 6.08. The Morgan fingerprint density at radius 2 is 2.05 bits per heavy atom. The smallest absolute Gasteiger partial charge is 0.337 e. The van der Waals surface area contributed by atoms with Crippen LogP contribution in [0.15, 0.2) is 18.2 Å². The van der Waals surface area contributed by atoms with Crippen LogP contribution >= 0.6 is 0 Å². The number of carboxylic acid groups (broad SMARTS) is 1. The molecule has 0 amide bonds. The standard InChI is InChI=1S/C12H18N2O5S/c1-3-4-7-14(2)20(18,19)13-11-6-5-9(15)8-10(11)12(16)17/h5-6,8,13,15H,3-4,7H2,1-2H3,(H,16,17). The third-order valence-corrected chi connectivity index (χ3v) is 4.19. The lowest BCUT2D eigenvalue weighted by atomic mass is 10.2. The highest BCUT2D eigenvalue weighted by Crippen LogP contribution is 2.22. The van der Waals surface area contributed by atoms with Gasteiger partial charge in [-0.2, -0.15) is 12.7 Å². The summed E-state index contributed by atoms with van der Waals surface area (Å²) in [5, 5.41) is 18.3. The van der Waals surface area contributed by atoms with Crippen LogP contribution in [-0.4, -0.2) is 42.5 Å². The average Bonchev–Trinajstić information content (AvgIpc) is 2.37. The third kappa shape index (κ3) is 4.10. The van der Waals surface area contributed by atoms with Crippen molar-refractivity contribution in [2.75, 3.05) is 18.3 Å². The molecule has 0 atom stereocenters. The molecule has 0 fully saturated rings. The van der Waals surface area contributed by atoms with E-state index in [9.17, 15) is 18.3 Å². The van der Waals surface area contributed by atoms with Crippen LogP contribution in [0.2, 0.25) is 0 Å². The van der Waals surface area contributed by atoms with Crippen LogP contribution in [0.3, 0.4) is 0 Å². The largest absolute Gasteiger partial charge is 0.508 e. The molecule has 0 radical (unpaired) electrons. The fraction of sp³-hybridized carbons (Fsp3) is 0.417. The molecular weight excluding hydrogens is 284 g/mol. The molecule has 112 valence electrons. The molecule has 0 heterocycles. The molecule has 0 unspecified atom stereocenters. The minimum Gasteiger partial charge on any atom is -0.508 e. The summed E-state index contributed by atoms with van der Waals surface area (Å²) >= 11 is 0. The molecular formula is C12H18N2O5S. The summed E-state index contributed by atoms with van der Waals surface area (Å²) in [4.78, 5) is 11.0. The number of benzene rings is 1. The number of phenolic OH excluding ortho intramolecular Hbond substituents is 1.